The van der Waals surface area contributed by atoms with Gasteiger partial charge in [-0.15, -0.1) is 0 Å². The van der Waals surface area contributed by atoms with Crippen LogP contribution in [0.5, 0.6) is 0 Å². The molecule has 6 nitrogen and oxygen atoms in total. The van der Waals surface area contributed by atoms with Crippen LogP contribution in [-0.2, 0) is 0 Å². The maximum Gasteiger partial charge on any atom is 0.283 e. The highest BCUT2D eigenvalue weighted by molar-refractivity contribution is 9.10. The molecule has 1 amide bonds. The van der Waals surface area contributed by atoms with Crippen LogP contribution < -0.4 is 5.32 Å². The van der Waals surface area contributed by atoms with Crippen molar-refractivity contribution in [3.63, 3.8) is 0 Å². The van der Waals surface area contributed by atoms with Crippen molar-refractivity contribution < 1.29 is 14.1 Å². The van der Waals surface area contributed by atoms with Crippen LogP contribution in [0.4, 0.5) is 15.8 Å². The third-order valence-corrected chi connectivity index (χ3v) is 3.05. The number of nitrogens with one attached hydrogen (secondary N) is 1. The number of nitro groups is 1. The van der Waals surface area contributed by atoms with Crippen molar-refractivity contribution in [1.29, 1.82) is 0 Å². The fraction of sp³-hybridized carbons (Fsp3) is 0. The lowest BCUT2D eigenvalue weighted by molar-refractivity contribution is -0.385. The predicted molar refractivity (Wildman–Crippen MR) is 72.9 cm³/mol. The molecule has 1 heterocycles. The second kappa shape index (κ2) is 5.74. The lowest BCUT2D eigenvalue weighted by Crippen LogP contribution is -2.13. The molecule has 0 radical (unpaired) electrons. The molecule has 0 fully saturated rings. The van der Waals surface area contributed by atoms with Gasteiger partial charge in [0.2, 0.25) is 0 Å². The number of nitrogens with zero attached hydrogens (tertiary/aromatic N) is 2. The summed E-state index contributed by atoms with van der Waals surface area (Å²) in [7, 11) is 0. The third-order valence-electron chi connectivity index (χ3n) is 2.42. The Morgan fingerprint density at radius 1 is 1.40 bits per heavy atom. The predicted octanol–water partition coefficient (Wildman–Crippen LogP) is 3.14. The Labute approximate surface area is 120 Å². The highest BCUT2D eigenvalue weighted by Gasteiger charge is 2.15. The van der Waals surface area contributed by atoms with E-state index in [1.807, 2.05) is 0 Å². The molecule has 0 saturated heterocycles. The number of hydrogen-bond acceptors (Lipinski definition) is 4. The van der Waals surface area contributed by atoms with Crippen LogP contribution in [0.1, 0.15) is 10.4 Å². The molecule has 1 aromatic carbocycles. The van der Waals surface area contributed by atoms with Crippen LogP contribution in [0.25, 0.3) is 0 Å². The van der Waals surface area contributed by atoms with E-state index in [9.17, 15) is 19.3 Å². The number of nitro benzene ring substituents is 1. The van der Waals surface area contributed by atoms with Crippen molar-refractivity contribution in [2.75, 3.05) is 5.32 Å². The van der Waals surface area contributed by atoms with Gasteiger partial charge in [-0.3, -0.25) is 19.9 Å². The maximum atomic E-state index is 13.4. The summed E-state index contributed by atoms with van der Waals surface area (Å²) in [6.45, 7) is 0. The molecule has 8 heteroatoms. The van der Waals surface area contributed by atoms with Crippen LogP contribution in [0, 0.1) is 15.9 Å². The van der Waals surface area contributed by atoms with Gasteiger partial charge in [-0.1, -0.05) is 0 Å². The maximum absolute atomic E-state index is 13.4. The first-order valence-electron chi connectivity index (χ1n) is 5.34. The molecule has 2 aromatic rings. The number of anilines is 1. The number of amides is 1. The number of halogens is 2. The van der Waals surface area contributed by atoms with Gasteiger partial charge in [0.15, 0.2) is 5.82 Å². The Morgan fingerprint density at radius 2 is 2.15 bits per heavy atom. The molecule has 102 valence electrons. The average molecular weight is 340 g/mol. The van der Waals surface area contributed by atoms with E-state index in [-0.39, 0.29) is 15.7 Å². The summed E-state index contributed by atoms with van der Waals surface area (Å²) in [5.41, 5.74) is 0.0243. The van der Waals surface area contributed by atoms with E-state index in [0.717, 1.165) is 6.20 Å². The number of aromatic nitrogens is 1. The zero-order chi connectivity index (χ0) is 14.7. The van der Waals surface area contributed by atoms with E-state index in [1.165, 1.54) is 30.5 Å². The molecular weight excluding hydrogens is 333 g/mol. The molecule has 20 heavy (non-hydrogen) atoms. The Kier molecular flexibility index (Phi) is 4.04. The summed E-state index contributed by atoms with van der Waals surface area (Å²) < 4.78 is 13.6. The van der Waals surface area contributed by atoms with E-state index in [4.69, 9.17) is 0 Å². The molecule has 1 aromatic heterocycles. The third kappa shape index (κ3) is 2.97. The molecule has 0 atom stereocenters. The topological polar surface area (TPSA) is 85.1 Å². The van der Waals surface area contributed by atoms with Gasteiger partial charge >= 0.3 is 0 Å². The highest BCUT2D eigenvalue weighted by atomic mass is 79.9. The molecule has 0 aliphatic heterocycles. The molecule has 0 bridgehead atoms. The minimum atomic E-state index is -0.744. The summed E-state index contributed by atoms with van der Waals surface area (Å²) in [4.78, 5) is 25.5. The Balaban J connectivity index is 2.23. The largest absolute Gasteiger partial charge is 0.322 e. The summed E-state index contributed by atoms with van der Waals surface area (Å²) in [5.74, 6) is -1.41. The van der Waals surface area contributed by atoms with Gasteiger partial charge in [-0.25, -0.2) is 4.39 Å². The number of carbonyl (C=O) groups excluding carboxylic acids is 1. The molecule has 1 N–H and O–H groups in total. The molecule has 0 unspecified atom stereocenters. The van der Waals surface area contributed by atoms with Crippen molar-refractivity contribution in [2.45, 2.75) is 0 Å². The Bertz CT molecular complexity index is 693. The van der Waals surface area contributed by atoms with Crippen LogP contribution in [0.15, 0.2) is 41.1 Å². The normalized spacial score (nSPS) is 10.1. The molecule has 0 spiro atoms. The number of hydrogen-bond donors (Lipinski definition) is 1. The van der Waals surface area contributed by atoms with Gasteiger partial charge in [0.25, 0.3) is 11.6 Å². The van der Waals surface area contributed by atoms with Crippen molar-refractivity contribution >= 4 is 33.2 Å². The van der Waals surface area contributed by atoms with Crippen molar-refractivity contribution in [3.05, 3.63) is 62.6 Å². The van der Waals surface area contributed by atoms with Gasteiger partial charge in [0, 0.05) is 18.0 Å². The Hall–Kier alpha value is -2.35. The Morgan fingerprint density at radius 3 is 2.75 bits per heavy atom. The van der Waals surface area contributed by atoms with E-state index < -0.39 is 16.6 Å². The summed E-state index contributed by atoms with van der Waals surface area (Å²) >= 11 is 3.03. The fourth-order valence-corrected chi connectivity index (χ4v) is 2.01. The second-order valence-corrected chi connectivity index (χ2v) is 4.59. The second-order valence-electron chi connectivity index (χ2n) is 3.73. The van der Waals surface area contributed by atoms with Gasteiger partial charge in [-0.05, 0) is 34.1 Å². The summed E-state index contributed by atoms with van der Waals surface area (Å²) in [6, 6.07) is 5.21. The van der Waals surface area contributed by atoms with E-state index in [1.54, 1.807) is 0 Å². The standard InChI is InChI=1S/C12H7BrFN3O3/c13-9-5-7(1-2-11(9)17(19)20)16-12(18)8-3-4-15-6-10(8)14/h1-6H,(H,16,18). The monoisotopic (exact) mass is 339 g/mol. The SMILES string of the molecule is O=C(Nc1ccc([N+](=O)[O-])c(Br)c1)c1ccncc1F. The van der Waals surface area contributed by atoms with Crippen LogP contribution in [-0.4, -0.2) is 15.8 Å². The zero-order valence-corrected chi connectivity index (χ0v) is 11.4. The van der Waals surface area contributed by atoms with Gasteiger partial charge in [-0.2, -0.15) is 0 Å². The molecule has 0 aliphatic rings. The van der Waals surface area contributed by atoms with Gasteiger partial charge < -0.3 is 5.32 Å². The average Bonchev–Trinajstić information content (AvgIpc) is 2.38. The quantitative estimate of drug-likeness (QED) is 0.687. The fourth-order valence-electron chi connectivity index (χ4n) is 1.49. The first-order valence-corrected chi connectivity index (χ1v) is 6.13. The highest BCUT2D eigenvalue weighted by Crippen LogP contribution is 2.27. The summed E-state index contributed by atoms with van der Waals surface area (Å²) in [5, 5.41) is 13.1. The number of benzene rings is 1. The van der Waals surface area contributed by atoms with E-state index in [2.05, 4.69) is 26.2 Å². The summed E-state index contributed by atoms with van der Waals surface area (Å²) in [6.07, 6.45) is 2.23. The molecular formula is C12H7BrFN3O3. The zero-order valence-electron chi connectivity index (χ0n) is 9.84. The van der Waals surface area contributed by atoms with Gasteiger partial charge in [0.05, 0.1) is 21.2 Å². The molecule has 0 aliphatic carbocycles. The number of carbonyl (C=O) groups is 1. The van der Waals surface area contributed by atoms with Crippen LogP contribution in [0.2, 0.25) is 0 Å². The van der Waals surface area contributed by atoms with E-state index in [0.29, 0.717) is 5.69 Å². The van der Waals surface area contributed by atoms with Crippen LogP contribution in [0.3, 0.4) is 0 Å². The van der Waals surface area contributed by atoms with Crippen LogP contribution >= 0.6 is 15.9 Å². The van der Waals surface area contributed by atoms with Crippen molar-refractivity contribution in [1.82, 2.24) is 4.98 Å². The smallest absolute Gasteiger partial charge is 0.283 e. The minimum Gasteiger partial charge on any atom is -0.322 e. The first kappa shape index (κ1) is 14.1. The minimum absolute atomic E-state index is 0.127. The van der Waals surface area contributed by atoms with Crippen molar-refractivity contribution in [2.24, 2.45) is 0 Å². The number of rotatable bonds is 3. The lowest BCUT2D eigenvalue weighted by atomic mass is 10.2. The molecule has 2 rings (SSSR count). The van der Waals surface area contributed by atoms with E-state index >= 15 is 0 Å². The number of pyridine rings is 1. The lowest BCUT2D eigenvalue weighted by Gasteiger charge is -2.06. The van der Waals surface area contributed by atoms with Crippen molar-refractivity contribution in [3.8, 4) is 0 Å². The van der Waals surface area contributed by atoms with Gasteiger partial charge in [0.1, 0.15) is 0 Å². The first-order chi connectivity index (χ1) is 9.49. The molecule has 0 saturated carbocycles.